The molecule has 1 aromatic rings. The van der Waals surface area contributed by atoms with Crippen LogP contribution in [0.2, 0.25) is 0 Å². The number of thiophene rings is 1. The molecule has 6 heteroatoms. The van der Waals surface area contributed by atoms with Crippen LogP contribution in [-0.2, 0) is 0 Å². The van der Waals surface area contributed by atoms with Gasteiger partial charge in [-0.2, -0.15) is 0 Å². The van der Waals surface area contributed by atoms with E-state index in [4.69, 9.17) is 0 Å². The number of carbonyl (C=O) groups excluding carboxylic acids is 1. The Morgan fingerprint density at radius 2 is 2.26 bits per heavy atom. The highest BCUT2D eigenvalue weighted by atomic mass is 32.1. The van der Waals surface area contributed by atoms with Crippen LogP contribution in [-0.4, -0.2) is 23.3 Å². The van der Waals surface area contributed by atoms with Gasteiger partial charge in [-0.15, -0.1) is 11.3 Å². The minimum atomic E-state index is -0.381. The highest BCUT2D eigenvalue weighted by Crippen LogP contribution is 2.42. The van der Waals surface area contributed by atoms with Crippen molar-refractivity contribution in [3.8, 4) is 0 Å². The maximum absolute atomic E-state index is 11.4. The van der Waals surface area contributed by atoms with E-state index in [9.17, 15) is 14.9 Å². The van der Waals surface area contributed by atoms with Crippen LogP contribution in [0.4, 0.5) is 10.7 Å². The van der Waals surface area contributed by atoms with Crippen molar-refractivity contribution in [1.29, 1.82) is 0 Å². The Morgan fingerprint density at radius 1 is 1.58 bits per heavy atom. The highest BCUT2D eigenvalue weighted by molar-refractivity contribution is 7.18. The molecule has 19 heavy (non-hydrogen) atoms. The first kappa shape index (κ1) is 14.0. The number of rotatable bonds is 4. The van der Waals surface area contributed by atoms with Crippen molar-refractivity contribution < 1.29 is 9.72 Å². The van der Waals surface area contributed by atoms with Gasteiger partial charge in [0, 0.05) is 18.7 Å². The molecule has 2 heterocycles. The number of hydrogen-bond donors (Lipinski definition) is 0. The van der Waals surface area contributed by atoms with Crippen molar-refractivity contribution in [2.45, 2.75) is 39.7 Å². The Kier molecular flexibility index (Phi) is 3.89. The predicted octanol–water partition coefficient (Wildman–Crippen LogP) is 3.48. The van der Waals surface area contributed by atoms with E-state index < -0.39 is 0 Å². The van der Waals surface area contributed by atoms with Gasteiger partial charge in [0.2, 0.25) is 0 Å². The summed E-state index contributed by atoms with van der Waals surface area (Å²) in [7, 11) is 0. The van der Waals surface area contributed by atoms with Gasteiger partial charge >= 0.3 is 5.69 Å². The summed E-state index contributed by atoms with van der Waals surface area (Å²) < 4.78 is 0. The fraction of sp³-hybridized carbons (Fsp3) is 0.615. The first-order valence-corrected chi connectivity index (χ1v) is 7.29. The molecule has 0 aliphatic carbocycles. The van der Waals surface area contributed by atoms with Crippen LogP contribution in [0, 0.1) is 16.0 Å². The lowest BCUT2D eigenvalue weighted by molar-refractivity contribution is -0.383. The second-order valence-corrected chi connectivity index (χ2v) is 6.29. The van der Waals surface area contributed by atoms with Crippen LogP contribution < -0.4 is 4.90 Å². The molecule has 0 amide bonds. The van der Waals surface area contributed by atoms with Crippen molar-refractivity contribution in [2.75, 3.05) is 11.4 Å². The van der Waals surface area contributed by atoms with Crippen LogP contribution >= 0.6 is 11.3 Å². The summed E-state index contributed by atoms with van der Waals surface area (Å²) in [6.45, 7) is 6.55. The summed E-state index contributed by atoms with van der Waals surface area (Å²) in [5.74, 6) is 0.338. The largest absolute Gasteiger partial charge is 0.355 e. The number of anilines is 1. The van der Waals surface area contributed by atoms with Gasteiger partial charge in [-0.3, -0.25) is 14.9 Å². The fourth-order valence-corrected chi connectivity index (χ4v) is 3.72. The highest BCUT2D eigenvalue weighted by Gasteiger charge is 2.34. The van der Waals surface area contributed by atoms with Gasteiger partial charge in [-0.25, -0.2) is 0 Å². The number of carbonyl (C=O) groups is 1. The third-order valence-electron chi connectivity index (χ3n) is 3.57. The van der Waals surface area contributed by atoms with Gasteiger partial charge in [0.25, 0.3) is 0 Å². The molecular formula is C13H18N2O3S. The lowest BCUT2D eigenvalue weighted by Gasteiger charge is -2.27. The molecule has 0 N–H and O–H groups in total. The number of hydrogen-bond acceptors (Lipinski definition) is 5. The molecule has 0 saturated carbocycles. The zero-order valence-electron chi connectivity index (χ0n) is 11.4. The van der Waals surface area contributed by atoms with E-state index in [1.807, 2.05) is 0 Å². The quantitative estimate of drug-likeness (QED) is 0.482. The molecule has 1 aliphatic heterocycles. The molecule has 5 nitrogen and oxygen atoms in total. The Bertz CT molecular complexity index is 510. The standard InChI is InChI=1S/C13H18N2O3S/c1-8(2)10-5-4-6-14(10)13-11(15(17)18)7-12(19-13)9(3)16/h7-8,10H,4-6H2,1-3H3. The predicted molar refractivity (Wildman–Crippen MR) is 76.2 cm³/mol. The number of ketones is 1. The van der Waals surface area contributed by atoms with E-state index in [0.717, 1.165) is 19.4 Å². The molecule has 1 unspecified atom stereocenters. The van der Waals surface area contributed by atoms with Crippen LogP contribution in [0.25, 0.3) is 0 Å². The number of nitro groups is 1. The molecule has 1 saturated heterocycles. The van der Waals surface area contributed by atoms with Gasteiger partial charge in [0.15, 0.2) is 10.8 Å². The average Bonchev–Trinajstić information content (AvgIpc) is 2.95. The van der Waals surface area contributed by atoms with E-state index >= 15 is 0 Å². The van der Waals surface area contributed by atoms with Crippen molar-refractivity contribution in [3.05, 3.63) is 21.1 Å². The van der Waals surface area contributed by atoms with Crippen LogP contribution in [0.1, 0.15) is 43.3 Å². The number of nitrogens with zero attached hydrogens (tertiary/aromatic N) is 2. The summed E-state index contributed by atoms with van der Waals surface area (Å²) in [4.78, 5) is 24.8. The Hall–Kier alpha value is -1.43. The van der Waals surface area contributed by atoms with Crippen molar-refractivity contribution in [2.24, 2.45) is 5.92 Å². The van der Waals surface area contributed by atoms with Gasteiger partial charge in [-0.1, -0.05) is 13.8 Å². The smallest absolute Gasteiger partial charge is 0.304 e. The fourth-order valence-electron chi connectivity index (χ4n) is 2.62. The third-order valence-corrected chi connectivity index (χ3v) is 4.83. The first-order valence-electron chi connectivity index (χ1n) is 6.47. The molecule has 1 fully saturated rings. The molecule has 0 spiro atoms. The summed E-state index contributed by atoms with van der Waals surface area (Å²) in [5.41, 5.74) is 0.0720. The Labute approximate surface area is 116 Å². The van der Waals surface area contributed by atoms with E-state index in [1.165, 1.54) is 24.3 Å². The monoisotopic (exact) mass is 282 g/mol. The summed E-state index contributed by atoms with van der Waals surface area (Å²) in [6.07, 6.45) is 2.11. The second kappa shape index (κ2) is 5.28. The van der Waals surface area contributed by atoms with Crippen molar-refractivity contribution in [1.82, 2.24) is 0 Å². The Morgan fingerprint density at radius 3 is 2.79 bits per heavy atom. The van der Waals surface area contributed by atoms with E-state index in [0.29, 0.717) is 21.8 Å². The molecule has 1 atom stereocenters. The van der Waals surface area contributed by atoms with Crippen LogP contribution in [0.15, 0.2) is 6.07 Å². The molecule has 1 aromatic heterocycles. The van der Waals surface area contributed by atoms with Gasteiger partial charge in [-0.05, 0) is 25.7 Å². The van der Waals surface area contributed by atoms with E-state index in [1.54, 1.807) is 0 Å². The molecule has 1 aliphatic rings. The average molecular weight is 282 g/mol. The summed E-state index contributed by atoms with van der Waals surface area (Å²) >= 11 is 1.25. The van der Waals surface area contributed by atoms with E-state index in [-0.39, 0.29) is 16.4 Å². The third kappa shape index (κ3) is 2.63. The molecular weight excluding hydrogens is 264 g/mol. The minimum absolute atomic E-state index is 0.0720. The van der Waals surface area contributed by atoms with Gasteiger partial charge < -0.3 is 4.90 Å². The maximum Gasteiger partial charge on any atom is 0.304 e. The molecule has 104 valence electrons. The normalized spacial score (nSPS) is 19.2. The molecule has 0 radical (unpaired) electrons. The molecule has 0 aromatic carbocycles. The van der Waals surface area contributed by atoms with E-state index in [2.05, 4.69) is 18.7 Å². The SMILES string of the molecule is CC(=O)c1cc([N+](=O)[O-])c(N2CCCC2C(C)C)s1. The maximum atomic E-state index is 11.4. The van der Waals surface area contributed by atoms with Crippen LogP contribution in [0.5, 0.6) is 0 Å². The zero-order chi connectivity index (χ0) is 14.2. The Balaban J connectivity index is 2.42. The molecule has 0 bridgehead atoms. The zero-order valence-corrected chi connectivity index (χ0v) is 12.2. The van der Waals surface area contributed by atoms with Gasteiger partial charge in [0.1, 0.15) is 0 Å². The number of Topliss-reactive ketones (excluding diaryl/α,β-unsaturated/α-hetero) is 1. The molecule has 2 rings (SSSR count). The van der Waals surface area contributed by atoms with Crippen molar-refractivity contribution in [3.63, 3.8) is 0 Å². The minimum Gasteiger partial charge on any atom is -0.355 e. The first-order chi connectivity index (χ1) is 8.91. The van der Waals surface area contributed by atoms with Crippen LogP contribution in [0.3, 0.4) is 0 Å². The summed E-state index contributed by atoms with van der Waals surface area (Å²) in [5, 5.41) is 11.8. The van der Waals surface area contributed by atoms with Gasteiger partial charge in [0.05, 0.1) is 9.80 Å². The summed E-state index contributed by atoms with van der Waals surface area (Å²) in [6, 6.07) is 1.75. The second-order valence-electron chi connectivity index (χ2n) is 5.26. The topological polar surface area (TPSA) is 63.4 Å². The lowest BCUT2D eigenvalue weighted by Crippen LogP contribution is -2.33. The van der Waals surface area contributed by atoms with Crippen molar-refractivity contribution >= 4 is 27.8 Å². The lowest BCUT2D eigenvalue weighted by atomic mass is 10.0.